The Kier molecular flexibility index (Phi) is 5.66. The third kappa shape index (κ3) is 4.00. The second-order valence-corrected chi connectivity index (χ2v) is 8.42. The first kappa shape index (κ1) is 21.0. The van der Waals surface area contributed by atoms with E-state index < -0.39 is 5.97 Å². The van der Waals surface area contributed by atoms with Crippen molar-refractivity contribution in [3.8, 4) is 11.1 Å². The van der Waals surface area contributed by atoms with Crippen LogP contribution in [0.4, 0.5) is 0 Å². The van der Waals surface area contributed by atoms with Crippen LogP contribution in [0, 0.1) is 0 Å². The van der Waals surface area contributed by atoms with Crippen molar-refractivity contribution >= 4 is 27.8 Å². The van der Waals surface area contributed by atoms with Crippen molar-refractivity contribution in [2.45, 2.75) is 32.7 Å². The fraction of sp³-hybridized carbons (Fsp3) is 0.172. The summed E-state index contributed by atoms with van der Waals surface area (Å²) in [5.74, 6) is 0.209. The minimum Gasteiger partial charge on any atom is -0.478 e. The van der Waals surface area contributed by atoms with Gasteiger partial charge in [0.2, 0.25) is 0 Å². The SMILES string of the molecule is CCCCc1nc2ccccc2n1Cc1ccc(-c2ccc3ccccc3c2C(=O)O)cc1. The number of rotatable bonds is 7. The highest BCUT2D eigenvalue weighted by molar-refractivity contribution is 6.09. The van der Waals surface area contributed by atoms with Gasteiger partial charge in [0.1, 0.15) is 5.82 Å². The Morgan fingerprint density at radius 1 is 0.909 bits per heavy atom. The molecule has 164 valence electrons. The van der Waals surface area contributed by atoms with Crippen molar-refractivity contribution in [2.75, 3.05) is 0 Å². The number of aryl methyl sites for hydroxylation is 1. The van der Waals surface area contributed by atoms with Crippen LogP contribution in [0.1, 0.15) is 41.5 Å². The van der Waals surface area contributed by atoms with Gasteiger partial charge in [-0.3, -0.25) is 0 Å². The summed E-state index contributed by atoms with van der Waals surface area (Å²) in [7, 11) is 0. The Bertz CT molecular complexity index is 1450. The van der Waals surface area contributed by atoms with Gasteiger partial charge in [-0.1, -0.05) is 86.1 Å². The number of carboxylic acids is 1. The first-order valence-corrected chi connectivity index (χ1v) is 11.4. The topological polar surface area (TPSA) is 55.1 Å². The van der Waals surface area contributed by atoms with E-state index >= 15 is 0 Å². The van der Waals surface area contributed by atoms with Crippen LogP contribution < -0.4 is 0 Å². The zero-order valence-corrected chi connectivity index (χ0v) is 18.7. The Morgan fingerprint density at radius 2 is 1.67 bits per heavy atom. The van der Waals surface area contributed by atoms with Gasteiger partial charge in [-0.15, -0.1) is 0 Å². The summed E-state index contributed by atoms with van der Waals surface area (Å²) in [4.78, 5) is 17.0. The molecule has 4 aromatic carbocycles. The van der Waals surface area contributed by atoms with Crippen LogP contribution in [0.5, 0.6) is 0 Å². The molecule has 0 bridgehead atoms. The highest BCUT2D eigenvalue weighted by atomic mass is 16.4. The summed E-state index contributed by atoms with van der Waals surface area (Å²) in [5, 5.41) is 11.6. The van der Waals surface area contributed by atoms with E-state index in [-0.39, 0.29) is 0 Å². The van der Waals surface area contributed by atoms with Gasteiger partial charge in [0.15, 0.2) is 0 Å². The largest absolute Gasteiger partial charge is 0.478 e. The van der Waals surface area contributed by atoms with Crippen molar-refractivity contribution in [1.29, 1.82) is 0 Å². The van der Waals surface area contributed by atoms with Gasteiger partial charge >= 0.3 is 5.97 Å². The fourth-order valence-corrected chi connectivity index (χ4v) is 4.54. The van der Waals surface area contributed by atoms with Crippen LogP contribution in [0.15, 0.2) is 84.9 Å². The van der Waals surface area contributed by atoms with E-state index in [2.05, 4.69) is 41.8 Å². The fourth-order valence-electron chi connectivity index (χ4n) is 4.54. The van der Waals surface area contributed by atoms with E-state index in [4.69, 9.17) is 4.98 Å². The summed E-state index contributed by atoms with van der Waals surface area (Å²) in [6.07, 6.45) is 3.21. The van der Waals surface area contributed by atoms with E-state index in [9.17, 15) is 9.90 Å². The molecule has 1 N–H and O–H groups in total. The van der Waals surface area contributed by atoms with Crippen LogP contribution in [0.2, 0.25) is 0 Å². The third-order valence-corrected chi connectivity index (χ3v) is 6.24. The zero-order chi connectivity index (χ0) is 22.8. The molecule has 0 radical (unpaired) electrons. The first-order chi connectivity index (χ1) is 16.2. The van der Waals surface area contributed by atoms with Crippen LogP contribution in [-0.2, 0) is 13.0 Å². The molecule has 1 heterocycles. The molecule has 5 aromatic rings. The number of imidazole rings is 1. The lowest BCUT2D eigenvalue weighted by Gasteiger charge is -2.12. The van der Waals surface area contributed by atoms with E-state index in [1.165, 1.54) is 0 Å². The predicted molar refractivity (Wildman–Crippen MR) is 134 cm³/mol. The lowest BCUT2D eigenvalue weighted by molar-refractivity contribution is 0.0700. The molecule has 0 aliphatic carbocycles. The normalized spacial score (nSPS) is 11.3. The molecule has 0 saturated carbocycles. The first-order valence-electron chi connectivity index (χ1n) is 11.4. The number of para-hydroxylation sites is 2. The van der Waals surface area contributed by atoms with Gasteiger partial charge in [0, 0.05) is 13.0 Å². The Labute approximate surface area is 193 Å². The van der Waals surface area contributed by atoms with E-state index in [1.54, 1.807) is 0 Å². The molecule has 5 rings (SSSR count). The summed E-state index contributed by atoms with van der Waals surface area (Å²) >= 11 is 0. The molecule has 0 atom stereocenters. The molecule has 0 aliphatic heterocycles. The van der Waals surface area contributed by atoms with Crippen molar-refractivity contribution in [1.82, 2.24) is 9.55 Å². The number of fused-ring (bicyclic) bond motifs is 2. The molecule has 4 nitrogen and oxygen atoms in total. The standard InChI is InChI=1S/C29H26N2O2/c1-2-3-12-27-30-25-10-6-7-11-26(25)31(27)19-20-13-15-22(16-14-20)24-18-17-21-8-4-5-9-23(21)28(24)29(32)33/h4-11,13-18H,2-3,12,19H2,1H3,(H,32,33). The Balaban J connectivity index is 1.51. The second kappa shape index (κ2) is 8.91. The Morgan fingerprint density at radius 3 is 2.45 bits per heavy atom. The minimum absolute atomic E-state index is 0.350. The van der Waals surface area contributed by atoms with Crippen LogP contribution in [0.25, 0.3) is 32.9 Å². The number of hydrogen-bond acceptors (Lipinski definition) is 2. The highest BCUT2D eigenvalue weighted by Gasteiger charge is 2.16. The predicted octanol–water partition coefficient (Wildman–Crippen LogP) is 6.95. The maximum Gasteiger partial charge on any atom is 0.336 e. The van der Waals surface area contributed by atoms with E-state index in [0.717, 1.165) is 70.1 Å². The van der Waals surface area contributed by atoms with Crippen LogP contribution in [-0.4, -0.2) is 20.6 Å². The molecular weight excluding hydrogens is 408 g/mol. The highest BCUT2D eigenvalue weighted by Crippen LogP contribution is 2.31. The summed E-state index contributed by atoms with van der Waals surface area (Å²) < 4.78 is 2.30. The molecule has 33 heavy (non-hydrogen) atoms. The quantitative estimate of drug-likeness (QED) is 0.302. The summed E-state index contributed by atoms with van der Waals surface area (Å²) in [6.45, 7) is 2.94. The smallest absolute Gasteiger partial charge is 0.336 e. The zero-order valence-electron chi connectivity index (χ0n) is 18.7. The maximum absolute atomic E-state index is 12.1. The maximum atomic E-state index is 12.1. The number of unbranched alkanes of at least 4 members (excludes halogenated alkanes) is 1. The molecular formula is C29H26N2O2. The molecule has 4 heteroatoms. The Hall–Kier alpha value is -3.92. The molecule has 0 saturated heterocycles. The molecule has 0 fully saturated rings. The van der Waals surface area contributed by atoms with E-state index in [1.807, 2.05) is 54.6 Å². The number of carboxylic acid groups (broad SMARTS) is 1. The molecule has 0 spiro atoms. The number of aromatic carboxylic acids is 1. The molecule has 1 aromatic heterocycles. The van der Waals surface area contributed by atoms with Gasteiger partial charge < -0.3 is 9.67 Å². The second-order valence-electron chi connectivity index (χ2n) is 8.42. The van der Waals surface area contributed by atoms with Crippen LogP contribution in [0.3, 0.4) is 0 Å². The average molecular weight is 435 g/mol. The monoisotopic (exact) mass is 434 g/mol. The summed E-state index contributed by atoms with van der Waals surface area (Å²) in [6, 6.07) is 28.0. The lowest BCUT2D eigenvalue weighted by atomic mass is 9.93. The number of hydrogen-bond donors (Lipinski definition) is 1. The average Bonchev–Trinajstić information content (AvgIpc) is 3.19. The van der Waals surface area contributed by atoms with Crippen molar-refractivity contribution < 1.29 is 9.90 Å². The number of aromatic nitrogens is 2. The van der Waals surface area contributed by atoms with Gasteiger partial charge in [-0.25, -0.2) is 9.78 Å². The van der Waals surface area contributed by atoms with E-state index in [0.29, 0.717) is 5.56 Å². The summed E-state index contributed by atoms with van der Waals surface area (Å²) in [5.41, 5.74) is 5.34. The number of nitrogens with zero attached hydrogens (tertiary/aromatic N) is 2. The van der Waals surface area contributed by atoms with Gasteiger partial charge in [-0.2, -0.15) is 0 Å². The molecule has 0 aliphatic rings. The third-order valence-electron chi connectivity index (χ3n) is 6.24. The minimum atomic E-state index is -0.906. The van der Waals surface area contributed by atoms with Gasteiger partial charge in [0.25, 0.3) is 0 Å². The lowest BCUT2D eigenvalue weighted by Crippen LogP contribution is -2.05. The van der Waals surface area contributed by atoms with Crippen molar-refractivity contribution in [2.24, 2.45) is 0 Å². The number of benzene rings is 4. The van der Waals surface area contributed by atoms with Gasteiger partial charge in [-0.05, 0) is 46.0 Å². The van der Waals surface area contributed by atoms with Gasteiger partial charge in [0.05, 0.1) is 16.6 Å². The number of carbonyl (C=O) groups is 1. The molecule has 0 amide bonds. The van der Waals surface area contributed by atoms with Crippen LogP contribution >= 0.6 is 0 Å². The molecule has 0 unspecified atom stereocenters. The van der Waals surface area contributed by atoms with Crippen molar-refractivity contribution in [3.63, 3.8) is 0 Å². The van der Waals surface area contributed by atoms with Crippen molar-refractivity contribution in [3.05, 3.63) is 102 Å².